The van der Waals surface area contributed by atoms with Gasteiger partial charge in [0.2, 0.25) is 0 Å². The lowest BCUT2D eigenvalue weighted by Gasteiger charge is -2.06. The minimum absolute atomic E-state index is 0.516. The van der Waals surface area contributed by atoms with Crippen LogP contribution in [0.25, 0.3) is 0 Å². The van der Waals surface area contributed by atoms with E-state index < -0.39 is 0 Å². The number of nitrogens with zero attached hydrogens (tertiary/aromatic N) is 1. The minimum Gasteiger partial charge on any atom is -0.366 e. The van der Waals surface area contributed by atoms with Crippen molar-refractivity contribution in [3.05, 3.63) is 11.8 Å². The van der Waals surface area contributed by atoms with Crippen molar-refractivity contribution in [3.8, 4) is 0 Å². The molecule has 0 heterocycles. The van der Waals surface area contributed by atoms with Gasteiger partial charge < -0.3 is 16.0 Å². The third-order valence-electron chi connectivity index (χ3n) is 2.13. The maximum atomic E-state index is 4.97. The predicted octanol–water partition coefficient (Wildman–Crippen LogP) is 1.23. The molecule has 0 radical (unpaired) electrons. The van der Waals surface area contributed by atoms with Crippen molar-refractivity contribution in [1.82, 2.24) is 21.4 Å². The van der Waals surface area contributed by atoms with Gasteiger partial charge in [0.05, 0.1) is 0 Å². The molecule has 0 aromatic rings. The molecule has 0 amide bonds. The highest BCUT2D eigenvalue weighted by Gasteiger charge is 1.96. The van der Waals surface area contributed by atoms with E-state index in [0.717, 1.165) is 18.6 Å². The highest BCUT2D eigenvalue weighted by Crippen LogP contribution is 2.03. The van der Waals surface area contributed by atoms with E-state index in [1.54, 1.807) is 14.1 Å². The third kappa shape index (κ3) is 8.89. The van der Waals surface area contributed by atoms with Crippen molar-refractivity contribution in [2.75, 3.05) is 14.1 Å². The second-order valence-electron chi connectivity index (χ2n) is 3.75. The first-order valence-electron chi connectivity index (χ1n) is 5.64. The van der Waals surface area contributed by atoms with Gasteiger partial charge in [-0.05, 0) is 51.1 Å². The second kappa shape index (κ2) is 9.78. The summed E-state index contributed by atoms with van der Waals surface area (Å²) in [5.41, 5.74) is 4.96. The van der Waals surface area contributed by atoms with E-state index in [0.29, 0.717) is 10.2 Å². The number of nitrogens with one attached hydrogen (secondary N) is 4. The van der Waals surface area contributed by atoms with Gasteiger partial charge in [0.15, 0.2) is 10.2 Å². The van der Waals surface area contributed by atoms with Crippen LogP contribution < -0.4 is 21.4 Å². The molecule has 0 atom stereocenters. The largest absolute Gasteiger partial charge is 0.366 e. The normalized spacial score (nSPS) is 11.8. The van der Waals surface area contributed by atoms with Crippen molar-refractivity contribution >= 4 is 40.4 Å². The van der Waals surface area contributed by atoms with Crippen LogP contribution in [0.5, 0.6) is 0 Å². The fourth-order valence-electron chi connectivity index (χ4n) is 0.969. The minimum atomic E-state index is 0.516. The average Bonchev–Trinajstić information content (AvgIpc) is 2.39. The van der Waals surface area contributed by atoms with Crippen molar-refractivity contribution in [2.24, 2.45) is 5.10 Å². The first-order valence-corrected chi connectivity index (χ1v) is 6.46. The lowest BCUT2D eigenvalue weighted by Crippen LogP contribution is -2.29. The van der Waals surface area contributed by atoms with Gasteiger partial charge in [-0.2, -0.15) is 5.10 Å². The van der Waals surface area contributed by atoms with Crippen LogP contribution in [-0.4, -0.2) is 30.0 Å². The number of hydrazone groups is 1. The van der Waals surface area contributed by atoms with E-state index in [4.69, 9.17) is 24.4 Å². The molecule has 0 aromatic heterocycles. The molecule has 0 aliphatic heterocycles. The Hall–Kier alpha value is -1.21. The van der Waals surface area contributed by atoms with Crippen LogP contribution in [0.3, 0.4) is 0 Å². The highest BCUT2D eigenvalue weighted by atomic mass is 32.1. The zero-order chi connectivity index (χ0) is 14.0. The first-order chi connectivity index (χ1) is 8.49. The van der Waals surface area contributed by atoms with Crippen molar-refractivity contribution in [3.63, 3.8) is 0 Å². The molecule has 7 heteroatoms. The van der Waals surface area contributed by atoms with Crippen molar-refractivity contribution in [2.45, 2.75) is 26.7 Å². The van der Waals surface area contributed by atoms with Crippen LogP contribution in [-0.2, 0) is 0 Å². The smallest absolute Gasteiger partial charge is 0.186 e. The second-order valence-corrected chi connectivity index (χ2v) is 4.57. The number of rotatable bonds is 5. The molecule has 102 valence electrons. The Morgan fingerprint density at radius 3 is 2.22 bits per heavy atom. The van der Waals surface area contributed by atoms with Crippen LogP contribution in [0.15, 0.2) is 16.9 Å². The topological polar surface area (TPSA) is 60.5 Å². The van der Waals surface area contributed by atoms with E-state index in [-0.39, 0.29) is 0 Å². The van der Waals surface area contributed by atoms with Crippen LogP contribution in [0, 0.1) is 0 Å². The summed E-state index contributed by atoms with van der Waals surface area (Å²) in [4.78, 5) is 0. The molecular formula is C11H21N5S2. The zero-order valence-corrected chi connectivity index (χ0v) is 12.9. The molecule has 0 bridgehead atoms. The first kappa shape index (κ1) is 16.8. The monoisotopic (exact) mass is 287 g/mol. The van der Waals surface area contributed by atoms with E-state index in [1.807, 2.05) is 20.0 Å². The summed E-state index contributed by atoms with van der Waals surface area (Å²) < 4.78 is 0. The molecule has 4 N–H and O–H groups in total. The lowest BCUT2D eigenvalue weighted by molar-refractivity contribution is 0.929. The summed E-state index contributed by atoms with van der Waals surface area (Å²) >= 11 is 9.89. The molecule has 0 aliphatic carbocycles. The number of allylic oxidation sites excluding steroid dienone is 1. The van der Waals surface area contributed by atoms with E-state index >= 15 is 0 Å². The third-order valence-corrected chi connectivity index (χ3v) is 2.75. The summed E-state index contributed by atoms with van der Waals surface area (Å²) in [6, 6.07) is 0. The zero-order valence-electron chi connectivity index (χ0n) is 11.3. The number of hydrogen-bond acceptors (Lipinski definition) is 3. The van der Waals surface area contributed by atoms with Gasteiger partial charge in [0.1, 0.15) is 0 Å². The molecule has 0 aliphatic rings. The van der Waals surface area contributed by atoms with E-state index in [1.165, 1.54) is 5.57 Å². The van der Waals surface area contributed by atoms with Crippen LogP contribution in [0.1, 0.15) is 26.7 Å². The Kier molecular flexibility index (Phi) is 9.13. The summed E-state index contributed by atoms with van der Waals surface area (Å²) in [7, 11) is 3.54. The summed E-state index contributed by atoms with van der Waals surface area (Å²) in [5, 5.41) is 13.9. The van der Waals surface area contributed by atoms with Gasteiger partial charge >= 0.3 is 0 Å². The van der Waals surface area contributed by atoms with Gasteiger partial charge in [0.25, 0.3) is 0 Å². The molecule has 0 unspecified atom stereocenters. The van der Waals surface area contributed by atoms with Crippen molar-refractivity contribution < 1.29 is 0 Å². The highest BCUT2D eigenvalue weighted by molar-refractivity contribution is 7.80. The Balaban J connectivity index is 4.00. The van der Waals surface area contributed by atoms with E-state index in [2.05, 4.69) is 26.5 Å². The Bertz CT molecular complexity index is 315. The quantitative estimate of drug-likeness (QED) is 0.347. The Morgan fingerprint density at radius 2 is 1.67 bits per heavy atom. The number of hydrogen-bond donors (Lipinski definition) is 4. The van der Waals surface area contributed by atoms with E-state index in [9.17, 15) is 0 Å². The van der Waals surface area contributed by atoms with Gasteiger partial charge in [-0.15, -0.1) is 0 Å². The standard InChI is InChI=1S/C11H21N5S2/c1-8(7-14-10(17)12-3)5-6-9(2)15-16-11(18)13-4/h7H,5-6H2,1-4H3,(H2,12,14,17)(H2,13,16,18)/b8-7+,15-9+. The van der Waals surface area contributed by atoms with Crippen LogP contribution in [0.2, 0.25) is 0 Å². The SMILES string of the molecule is CNC(=S)N/C=C(\C)CC/C(C)=N/NC(=S)NC. The van der Waals surface area contributed by atoms with Crippen LogP contribution >= 0.6 is 24.4 Å². The molecule has 0 rings (SSSR count). The Morgan fingerprint density at radius 1 is 1.06 bits per heavy atom. The fraction of sp³-hybridized carbons (Fsp3) is 0.545. The summed E-state index contributed by atoms with van der Waals surface area (Å²) in [6.45, 7) is 4.01. The molecule has 0 saturated carbocycles. The predicted molar refractivity (Wildman–Crippen MR) is 85.7 cm³/mol. The average molecular weight is 287 g/mol. The summed E-state index contributed by atoms with van der Waals surface area (Å²) in [6.07, 6.45) is 3.69. The molecule has 0 spiro atoms. The van der Waals surface area contributed by atoms with Crippen molar-refractivity contribution in [1.29, 1.82) is 0 Å². The van der Waals surface area contributed by atoms with Gasteiger partial charge in [0, 0.05) is 26.0 Å². The van der Waals surface area contributed by atoms with Gasteiger partial charge in [-0.25, -0.2) is 0 Å². The maximum absolute atomic E-state index is 4.97. The number of thiocarbonyl (C=S) groups is 2. The van der Waals surface area contributed by atoms with Gasteiger partial charge in [-0.1, -0.05) is 5.57 Å². The molecule has 0 aromatic carbocycles. The summed E-state index contributed by atoms with van der Waals surface area (Å²) in [5.74, 6) is 0. The molecule has 0 saturated heterocycles. The Labute approximate surface area is 119 Å². The molecular weight excluding hydrogens is 266 g/mol. The van der Waals surface area contributed by atoms with Gasteiger partial charge in [-0.3, -0.25) is 5.43 Å². The fourth-order valence-corrected chi connectivity index (χ4v) is 1.07. The molecule has 5 nitrogen and oxygen atoms in total. The molecule has 0 fully saturated rings. The van der Waals surface area contributed by atoms with Crippen LogP contribution in [0.4, 0.5) is 0 Å². The molecule has 18 heavy (non-hydrogen) atoms. The lowest BCUT2D eigenvalue weighted by atomic mass is 10.1. The maximum Gasteiger partial charge on any atom is 0.186 e.